The summed E-state index contributed by atoms with van der Waals surface area (Å²) in [6.45, 7) is 2.87. The zero-order chi connectivity index (χ0) is 14.1. The molecule has 0 saturated heterocycles. The van der Waals surface area contributed by atoms with Crippen molar-refractivity contribution in [2.45, 2.75) is 38.7 Å². The number of anilines is 2. The van der Waals surface area contributed by atoms with Gasteiger partial charge in [-0.1, -0.05) is 13.3 Å². The summed E-state index contributed by atoms with van der Waals surface area (Å²) >= 11 is 1.66. The molecule has 1 aliphatic rings. The van der Waals surface area contributed by atoms with Crippen LogP contribution < -0.4 is 11.1 Å². The van der Waals surface area contributed by atoms with E-state index >= 15 is 0 Å². The van der Waals surface area contributed by atoms with Crippen molar-refractivity contribution in [3.05, 3.63) is 10.9 Å². The minimum atomic E-state index is -0.189. The van der Waals surface area contributed by atoms with E-state index in [2.05, 4.69) is 28.3 Å². The summed E-state index contributed by atoms with van der Waals surface area (Å²) in [4.78, 5) is 10.8. The summed E-state index contributed by atoms with van der Waals surface area (Å²) in [6, 6.07) is 2.13. The highest BCUT2D eigenvalue weighted by atomic mass is 32.1. The fourth-order valence-corrected chi connectivity index (χ4v) is 3.75. The van der Waals surface area contributed by atoms with Gasteiger partial charge < -0.3 is 16.2 Å². The lowest BCUT2D eigenvalue weighted by molar-refractivity contribution is 0.138. The third-order valence-corrected chi connectivity index (χ3v) is 5.13. The standard InChI is InChI=1S/C14H20N4OS/c1-2-9-6-10-12(17-14(15)18-13(10)20-9)16-7-8-4-3-5-11(8)19/h6,8,11,19H,2-5,7H2,1H3,(H3,15,16,17,18). The number of aryl methyl sites for hydroxylation is 1. The molecule has 0 aromatic carbocycles. The van der Waals surface area contributed by atoms with Crippen LogP contribution in [0.3, 0.4) is 0 Å². The molecule has 2 atom stereocenters. The van der Waals surface area contributed by atoms with Crippen LogP contribution in [0.2, 0.25) is 0 Å². The molecule has 0 bridgehead atoms. The number of aliphatic hydroxyl groups excluding tert-OH is 1. The van der Waals surface area contributed by atoms with Crippen LogP contribution in [0, 0.1) is 5.92 Å². The van der Waals surface area contributed by atoms with Gasteiger partial charge in [-0.15, -0.1) is 11.3 Å². The highest BCUT2D eigenvalue weighted by Crippen LogP contribution is 2.31. The van der Waals surface area contributed by atoms with Gasteiger partial charge in [-0.2, -0.15) is 4.98 Å². The second-order valence-electron chi connectivity index (χ2n) is 5.35. The number of nitrogen functional groups attached to an aromatic ring is 1. The number of nitrogens with two attached hydrogens (primary N) is 1. The van der Waals surface area contributed by atoms with E-state index in [1.54, 1.807) is 11.3 Å². The number of aromatic nitrogens is 2. The monoisotopic (exact) mass is 292 g/mol. The molecule has 2 aromatic heterocycles. The average Bonchev–Trinajstić information content (AvgIpc) is 3.01. The van der Waals surface area contributed by atoms with Crippen molar-refractivity contribution in [1.29, 1.82) is 0 Å². The van der Waals surface area contributed by atoms with Gasteiger partial charge >= 0.3 is 0 Å². The van der Waals surface area contributed by atoms with Gasteiger partial charge in [-0.05, 0) is 25.3 Å². The van der Waals surface area contributed by atoms with Crippen LogP contribution in [0.4, 0.5) is 11.8 Å². The summed E-state index contributed by atoms with van der Waals surface area (Å²) in [7, 11) is 0. The largest absolute Gasteiger partial charge is 0.393 e. The van der Waals surface area contributed by atoms with Crippen LogP contribution in [-0.2, 0) is 6.42 Å². The maximum Gasteiger partial charge on any atom is 0.223 e. The molecule has 0 spiro atoms. The van der Waals surface area contributed by atoms with Crippen LogP contribution in [0.25, 0.3) is 10.2 Å². The molecule has 2 heterocycles. The summed E-state index contributed by atoms with van der Waals surface area (Å²) in [5, 5.41) is 14.3. The predicted octanol–water partition coefficient (Wildman–Crippen LogP) is 2.41. The molecule has 2 unspecified atom stereocenters. The lowest BCUT2D eigenvalue weighted by atomic mass is 10.1. The Labute approximate surface area is 122 Å². The fraction of sp³-hybridized carbons (Fsp3) is 0.571. The highest BCUT2D eigenvalue weighted by molar-refractivity contribution is 7.18. The van der Waals surface area contributed by atoms with E-state index < -0.39 is 0 Å². The Morgan fingerprint density at radius 2 is 2.30 bits per heavy atom. The Bertz CT molecular complexity index is 612. The Morgan fingerprint density at radius 3 is 3.00 bits per heavy atom. The SMILES string of the molecule is CCc1cc2c(NCC3CCCC3O)nc(N)nc2s1. The first-order chi connectivity index (χ1) is 9.67. The Kier molecular flexibility index (Phi) is 3.76. The molecule has 0 aliphatic heterocycles. The molecule has 0 radical (unpaired) electrons. The molecule has 1 saturated carbocycles. The number of rotatable bonds is 4. The third-order valence-electron chi connectivity index (χ3n) is 3.96. The van der Waals surface area contributed by atoms with E-state index in [4.69, 9.17) is 5.73 Å². The van der Waals surface area contributed by atoms with Crippen LogP contribution >= 0.6 is 11.3 Å². The van der Waals surface area contributed by atoms with Gasteiger partial charge in [0, 0.05) is 17.3 Å². The summed E-state index contributed by atoms with van der Waals surface area (Å²) in [6.07, 6.45) is 3.88. The van der Waals surface area contributed by atoms with Crippen molar-refractivity contribution in [3.63, 3.8) is 0 Å². The first kappa shape index (κ1) is 13.6. The van der Waals surface area contributed by atoms with Crippen molar-refractivity contribution in [2.75, 3.05) is 17.6 Å². The predicted molar refractivity (Wildman–Crippen MR) is 83.0 cm³/mol. The average molecular weight is 292 g/mol. The van der Waals surface area contributed by atoms with Crippen LogP contribution in [-0.4, -0.2) is 27.7 Å². The third kappa shape index (κ3) is 2.58. The molecule has 5 nitrogen and oxygen atoms in total. The minimum Gasteiger partial charge on any atom is -0.393 e. The van der Waals surface area contributed by atoms with Gasteiger partial charge in [0.15, 0.2) is 0 Å². The molecule has 0 amide bonds. The van der Waals surface area contributed by atoms with E-state index in [9.17, 15) is 5.11 Å². The lowest BCUT2D eigenvalue weighted by Gasteiger charge is -2.15. The second kappa shape index (κ2) is 5.54. The van der Waals surface area contributed by atoms with Gasteiger partial charge in [0.05, 0.1) is 11.5 Å². The highest BCUT2D eigenvalue weighted by Gasteiger charge is 2.25. The minimum absolute atomic E-state index is 0.189. The molecule has 6 heteroatoms. The van der Waals surface area contributed by atoms with E-state index in [-0.39, 0.29) is 6.10 Å². The van der Waals surface area contributed by atoms with Gasteiger partial charge in [0.2, 0.25) is 5.95 Å². The quantitative estimate of drug-likeness (QED) is 0.806. The summed E-state index contributed by atoms with van der Waals surface area (Å²) in [5.41, 5.74) is 5.78. The Balaban J connectivity index is 1.84. The summed E-state index contributed by atoms with van der Waals surface area (Å²) in [5.74, 6) is 1.41. The maximum absolute atomic E-state index is 9.88. The topological polar surface area (TPSA) is 84.1 Å². The molecular formula is C14H20N4OS. The number of hydrogen-bond donors (Lipinski definition) is 3. The second-order valence-corrected chi connectivity index (χ2v) is 6.47. The first-order valence-electron chi connectivity index (χ1n) is 7.15. The van der Waals surface area contributed by atoms with Crippen molar-refractivity contribution in [2.24, 2.45) is 5.92 Å². The van der Waals surface area contributed by atoms with Gasteiger partial charge in [0.1, 0.15) is 10.6 Å². The number of aliphatic hydroxyl groups is 1. The molecular weight excluding hydrogens is 272 g/mol. The van der Waals surface area contributed by atoms with Crippen molar-refractivity contribution < 1.29 is 5.11 Å². The van der Waals surface area contributed by atoms with Crippen molar-refractivity contribution in [3.8, 4) is 0 Å². The number of nitrogens with one attached hydrogen (secondary N) is 1. The van der Waals surface area contributed by atoms with E-state index in [0.29, 0.717) is 11.9 Å². The Morgan fingerprint density at radius 1 is 1.45 bits per heavy atom. The number of hydrogen-bond acceptors (Lipinski definition) is 6. The van der Waals surface area contributed by atoms with Crippen LogP contribution in [0.15, 0.2) is 6.07 Å². The number of fused-ring (bicyclic) bond motifs is 1. The van der Waals surface area contributed by atoms with E-state index in [1.165, 1.54) is 4.88 Å². The van der Waals surface area contributed by atoms with Crippen LogP contribution in [0.1, 0.15) is 31.1 Å². The fourth-order valence-electron chi connectivity index (χ4n) is 2.78. The normalized spacial score (nSPS) is 22.5. The molecule has 108 valence electrons. The van der Waals surface area contributed by atoms with Gasteiger partial charge in [0.25, 0.3) is 0 Å². The lowest BCUT2D eigenvalue weighted by Crippen LogP contribution is -2.22. The number of thiophene rings is 1. The Hall–Kier alpha value is -1.40. The van der Waals surface area contributed by atoms with Crippen LogP contribution in [0.5, 0.6) is 0 Å². The molecule has 3 rings (SSSR count). The zero-order valence-corrected chi connectivity index (χ0v) is 12.4. The van der Waals surface area contributed by atoms with Crippen molar-refractivity contribution in [1.82, 2.24) is 9.97 Å². The van der Waals surface area contributed by atoms with Gasteiger partial charge in [-0.3, -0.25) is 0 Å². The zero-order valence-electron chi connectivity index (χ0n) is 11.6. The molecule has 20 heavy (non-hydrogen) atoms. The molecule has 2 aromatic rings. The van der Waals surface area contributed by atoms with E-state index in [0.717, 1.165) is 48.3 Å². The number of nitrogens with zero attached hydrogens (tertiary/aromatic N) is 2. The smallest absolute Gasteiger partial charge is 0.223 e. The maximum atomic E-state index is 9.88. The molecule has 4 N–H and O–H groups in total. The van der Waals surface area contributed by atoms with Gasteiger partial charge in [-0.25, -0.2) is 4.98 Å². The van der Waals surface area contributed by atoms with Crippen molar-refractivity contribution >= 4 is 33.3 Å². The summed E-state index contributed by atoms with van der Waals surface area (Å²) < 4.78 is 0. The molecule has 1 aliphatic carbocycles. The first-order valence-corrected chi connectivity index (χ1v) is 7.97. The molecule has 1 fully saturated rings. The van der Waals surface area contributed by atoms with E-state index in [1.807, 2.05) is 0 Å².